The molecule has 1 aliphatic rings. The van der Waals surface area contributed by atoms with E-state index in [1.54, 1.807) is 0 Å². The van der Waals surface area contributed by atoms with Gasteiger partial charge in [0.2, 0.25) is 0 Å². The summed E-state index contributed by atoms with van der Waals surface area (Å²) in [4.78, 5) is 22.6. The van der Waals surface area contributed by atoms with Gasteiger partial charge >= 0.3 is 11.9 Å². The van der Waals surface area contributed by atoms with Crippen molar-refractivity contribution in [2.24, 2.45) is 0 Å². The molecule has 2 aromatic rings. The van der Waals surface area contributed by atoms with E-state index in [4.69, 9.17) is 14.6 Å². The zero-order valence-electron chi connectivity index (χ0n) is 16.6. The highest BCUT2D eigenvalue weighted by atomic mass is 16.6. The first-order chi connectivity index (χ1) is 14.1. The number of aryl methyl sites for hydroxylation is 2. The molecule has 6 heteroatoms. The SMILES string of the molecule is CCc1ccccc1OC[C@H](CN[C@H]1CCCc2ccccc21)OC(=O)C(=O)O. The van der Waals surface area contributed by atoms with Gasteiger partial charge in [-0.25, -0.2) is 9.59 Å². The molecule has 154 valence electrons. The molecule has 2 atom stereocenters. The van der Waals surface area contributed by atoms with E-state index in [1.807, 2.05) is 43.3 Å². The molecule has 0 radical (unpaired) electrons. The number of carbonyl (C=O) groups excluding carboxylic acids is 1. The minimum atomic E-state index is -1.60. The zero-order valence-corrected chi connectivity index (χ0v) is 16.6. The number of carboxylic acid groups (broad SMARTS) is 1. The summed E-state index contributed by atoms with van der Waals surface area (Å²) >= 11 is 0. The maximum atomic E-state index is 11.6. The molecule has 3 rings (SSSR count). The van der Waals surface area contributed by atoms with Crippen LogP contribution < -0.4 is 10.1 Å². The lowest BCUT2D eigenvalue weighted by Gasteiger charge is -2.28. The normalized spacial score (nSPS) is 16.5. The lowest BCUT2D eigenvalue weighted by molar-refractivity contribution is -0.168. The first-order valence-electron chi connectivity index (χ1n) is 10.0. The first-order valence-corrected chi connectivity index (χ1v) is 10.0. The van der Waals surface area contributed by atoms with Gasteiger partial charge in [-0.2, -0.15) is 0 Å². The highest BCUT2D eigenvalue weighted by Gasteiger charge is 2.24. The predicted molar refractivity (Wildman–Crippen MR) is 109 cm³/mol. The molecular weight excluding hydrogens is 370 g/mol. The Hall–Kier alpha value is -2.86. The topological polar surface area (TPSA) is 84.9 Å². The van der Waals surface area contributed by atoms with Crippen LogP contribution in [0.1, 0.15) is 42.5 Å². The van der Waals surface area contributed by atoms with Crippen molar-refractivity contribution in [3.63, 3.8) is 0 Å². The van der Waals surface area contributed by atoms with E-state index in [1.165, 1.54) is 11.1 Å². The molecule has 29 heavy (non-hydrogen) atoms. The second-order valence-corrected chi connectivity index (χ2v) is 7.16. The van der Waals surface area contributed by atoms with Gasteiger partial charge in [0.05, 0.1) is 0 Å². The molecule has 2 N–H and O–H groups in total. The average Bonchev–Trinajstić information content (AvgIpc) is 2.75. The lowest BCUT2D eigenvalue weighted by atomic mass is 9.88. The number of carbonyl (C=O) groups is 2. The van der Waals surface area contributed by atoms with Gasteiger partial charge < -0.3 is 19.9 Å². The molecule has 0 unspecified atom stereocenters. The smallest absolute Gasteiger partial charge is 0.417 e. The molecule has 0 amide bonds. The van der Waals surface area contributed by atoms with E-state index in [2.05, 4.69) is 17.4 Å². The van der Waals surface area contributed by atoms with Gasteiger partial charge in [0.1, 0.15) is 18.5 Å². The number of ether oxygens (including phenoxy) is 2. The number of esters is 1. The van der Waals surface area contributed by atoms with Crippen molar-refractivity contribution in [3.8, 4) is 5.75 Å². The molecule has 0 heterocycles. The maximum Gasteiger partial charge on any atom is 0.417 e. The number of hydrogen-bond donors (Lipinski definition) is 2. The number of fused-ring (bicyclic) bond motifs is 1. The number of benzene rings is 2. The Bertz CT molecular complexity index is 851. The van der Waals surface area contributed by atoms with Crippen molar-refractivity contribution < 1.29 is 24.2 Å². The summed E-state index contributed by atoms with van der Waals surface area (Å²) in [6.45, 7) is 2.43. The molecule has 6 nitrogen and oxygen atoms in total. The molecule has 0 fully saturated rings. The molecule has 1 aliphatic carbocycles. The summed E-state index contributed by atoms with van der Waals surface area (Å²) in [6.07, 6.45) is 3.22. The van der Waals surface area contributed by atoms with Crippen LogP contribution in [0, 0.1) is 0 Å². The number of para-hydroxylation sites is 1. The Kier molecular flexibility index (Phi) is 7.25. The van der Waals surface area contributed by atoms with E-state index < -0.39 is 18.0 Å². The van der Waals surface area contributed by atoms with Gasteiger partial charge in [-0.15, -0.1) is 0 Å². The van der Waals surface area contributed by atoms with Crippen molar-refractivity contribution in [1.29, 1.82) is 0 Å². The van der Waals surface area contributed by atoms with Gasteiger partial charge in [0.25, 0.3) is 0 Å². The van der Waals surface area contributed by atoms with Crippen molar-refractivity contribution in [2.75, 3.05) is 13.2 Å². The Morgan fingerprint density at radius 2 is 1.93 bits per heavy atom. The van der Waals surface area contributed by atoms with Gasteiger partial charge in [0, 0.05) is 12.6 Å². The fourth-order valence-electron chi connectivity index (χ4n) is 3.70. The van der Waals surface area contributed by atoms with Gasteiger partial charge in [0.15, 0.2) is 0 Å². The van der Waals surface area contributed by atoms with Crippen LogP contribution in [0.25, 0.3) is 0 Å². The van der Waals surface area contributed by atoms with E-state index in [-0.39, 0.29) is 12.6 Å². The summed E-state index contributed by atoms with van der Waals surface area (Å²) in [5.41, 5.74) is 3.62. The molecule has 0 spiro atoms. The first kappa shape index (κ1) is 20.9. The summed E-state index contributed by atoms with van der Waals surface area (Å²) < 4.78 is 11.0. The van der Waals surface area contributed by atoms with Crippen molar-refractivity contribution in [3.05, 3.63) is 65.2 Å². The van der Waals surface area contributed by atoms with E-state index in [0.29, 0.717) is 6.54 Å². The number of nitrogens with one attached hydrogen (secondary N) is 1. The van der Waals surface area contributed by atoms with E-state index in [0.717, 1.165) is 37.0 Å². The molecule has 0 aromatic heterocycles. The Labute approximate surface area is 170 Å². The number of carboxylic acids is 1. The molecule has 0 saturated heterocycles. The lowest BCUT2D eigenvalue weighted by Crippen LogP contribution is -2.39. The Morgan fingerprint density at radius 1 is 1.17 bits per heavy atom. The third kappa shape index (κ3) is 5.57. The summed E-state index contributed by atoms with van der Waals surface area (Å²) in [7, 11) is 0. The molecular formula is C23H27NO5. The molecule has 0 aliphatic heterocycles. The highest BCUT2D eigenvalue weighted by Crippen LogP contribution is 2.29. The fourth-order valence-corrected chi connectivity index (χ4v) is 3.70. The van der Waals surface area contributed by atoms with E-state index in [9.17, 15) is 9.59 Å². The fraction of sp³-hybridized carbons (Fsp3) is 0.391. The molecule has 2 aromatic carbocycles. The zero-order chi connectivity index (χ0) is 20.6. The molecule has 0 saturated carbocycles. The van der Waals surface area contributed by atoms with Crippen molar-refractivity contribution in [1.82, 2.24) is 5.32 Å². The van der Waals surface area contributed by atoms with Gasteiger partial charge in [-0.1, -0.05) is 49.4 Å². The average molecular weight is 397 g/mol. The van der Waals surface area contributed by atoms with Crippen LogP contribution in [0.4, 0.5) is 0 Å². The summed E-state index contributed by atoms with van der Waals surface area (Å²) in [6, 6.07) is 16.1. The van der Waals surface area contributed by atoms with Crippen LogP contribution in [0.2, 0.25) is 0 Å². The maximum absolute atomic E-state index is 11.6. The number of rotatable bonds is 8. The largest absolute Gasteiger partial charge is 0.489 e. The standard InChI is InChI=1S/C23H27NO5/c1-2-16-8-4-6-13-21(16)28-15-18(29-23(27)22(25)26)14-24-20-12-7-10-17-9-3-5-11-19(17)20/h3-6,8-9,11,13,18,20,24H,2,7,10,12,14-15H2,1H3,(H,25,26)/t18-,20-/m0/s1. The molecule has 0 bridgehead atoms. The third-order valence-corrected chi connectivity index (χ3v) is 5.19. The number of hydrogen-bond acceptors (Lipinski definition) is 5. The minimum absolute atomic E-state index is 0.0808. The predicted octanol–water partition coefficient (Wildman–Crippen LogP) is 3.29. The summed E-state index contributed by atoms with van der Waals surface area (Å²) in [5.74, 6) is -2.16. The van der Waals surface area contributed by atoms with Crippen molar-refractivity contribution >= 4 is 11.9 Å². The van der Waals surface area contributed by atoms with Crippen LogP contribution in [0.15, 0.2) is 48.5 Å². The Morgan fingerprint density at radius 3 is 2.72 bits per heavy atom. The Balaban J connectivity index is 1.66. The number of aliphatic carboxylic acids is 1. The quantitative estimate of drug-likeness (QED) is 0.525. The van der Waals surface area contributed by atoms with Crippen LogP contribution in [0.5, 0.6) is 5.75 Å². The van der Waals surface area contributed by atoms with Crippen LogP contribution in [-0.2, 0) is 27.2 Å². The minimum Gasteiger partial charge on any atom is -0.489 e. The van der Waals surface area contributed by atoms with Gasteiger partial charge in [-0.3, -0.25) is 0 Å². The second-order valence-electron chi connectivity index (χ2n) is 7.16. The third-order valence-electron chi connectivity index (χ3n) is 5.19. The van der Waals surface area contributed by atoms with Crippen LogP contribution in [-0.4, -0.2) is 36.3 Å². The van der Waals surface area contributed by atoms with Crippen LogP contribution >= 0.6 is 0 Å². The van der Waals surface area contributed by atoms with E-state index >= 15 is 0 Å². The van der Waals surface area contributed by atoms with Crippen LogP contribution in [0.3, 0.4) is 0 Å². The van der Waals surface area contributed by atoms with Gasteiger partial charge in [-0.05, 0) is 48.4 Å². The van der Waals surface area contributed by atoms with Crippen molar-refractivity contribution in [2.45, 2.75) is 44.8 Å². The summed E-state index contributed by atoms with van der Waals surface area (Å²) in [5, 5.41) is 12.3. The monoisotopic (exact) mass is 397 g/mol. The second kappa shape index (κ2) is 10.1. The highest BCUT2D eigenvalue weighted by molar-refractivity contribution is 6.28.